The lowest BCUT2D eigenvalue weighted by molar-refractivity contribution is -0.143. The van der Waals surface area contributed by atoms with Crippen LogP contribution in [0, 0.1) is 11.8 Å². The summed E-state index contributed by atoms with van der Waals surface area (Å²) in [6, 6.07) is -0.598. The molecule has 1 aromatic heterocycles. The highest BCUT2D eigenvalue weighted by molar-refractivity contribution is 6.01. The number of aliphatic carboxylic acids is 1. The number of hydrogen-bond donors (Lipinski definition) is 18. The number of fused-ring (bicyclic) bond motifs is 1. The van der Waals surface area contributed by atoms with Gasteiger partial charge >= 0.3 is 5.97 Å². The maximum Gasteiger partial charge on any atom is 0.326 e. The van der Waals surface area contributed by atoms with Crippen molar-refractivity contribution in [3.63, 3.8) is 0 Å². The van der Waals surface area contributed by atoms with Gasteiger partial charge in [-0.05, 0) is 68.1 Å². The number of carboxylic acids is 1. The molecule has 0 aliphatic heterocycles. The molecule has 3 aromatic rings. The lowest BCUT2D eigenvalue weighted by Crippen LogP contribution is -2.61. The number of hydrogen-bond acceptors (Lipinski definition) is 16. The fourth-order valence-electron chi connectivity index (χ4n) is 9.36. The smallest absolute Gasteiger partial charge is 0.326 e. The van der Waals surface area contributed by atoms with Crippen molar-refractivity contribution in [1.29, 1.82) is 0 Å². The molecule has 33 heteroatoms. The van der Waals surface area contributed by atoms with Gasteiger partial charge in [-0.25, -0.2) is 4.79 Å². The minimum atomic E-state index is -1.92. The summed E-state index contributed by atoms with van der Waals surface area (Å²) < 4.78 is 0. The van der Waals surface area contributed by atoms with Crippen molar-refractivity contribution in [2.45, 2.75) is 172 Å². The largest absolute Gasteiger partial charge is 0.480 e. The van der Waals surface area contributed by atoms with Crippen molar-refractivity contribution in [2.24, 2.45) is 57.0 Å². The monoisotopic (exact) mass is 1290 g/mol. The number of carbonyl (C=O) groups excluding carboxylic acids is 13. The van der Waals surface area contributed by atoms with Gasteiger partial charge in [0.25, 0.3) is 0 Å². The summed E-state index contributed by atoms with van der Waals surface area (Å²) in [5, 5.41) is 32.5. The Morgan fingerprint density at radius 2 is 0.957 bits per heavy atom. The molecule has 13 amide bonds. The van der Waals surface area contributed by atoms with Crippen LogP contribution in [0.5, 0.6) is 0 Å². The molecule has 0 saturated heterocycles. The molecule has 504 valence electrons. The molecule has 92 heavy (non-hydrogen) atoms. The molecule has 1 heterocycles. The maximum absolute atomic E-state index is 15.0. The van der Waals surface area contributed by atoms with Gasteiger partial charge in [0.2, 0.25) is 76.8 Å². The molecular weight excluding hydrogens is 1200 g/mol. The summed E-state index contributed by atoms with van der Waals surface area (Å²) in [7, 11) is 0. The van der Waals surface area contributed by atoms with E-state index in [1.54, 1.807) is 74.6 Å². The number of amides is 13. The summed E-state index contributed by atoms with van der Waals surface area (Å²) in [6.07, 6.45) is -2.41. The van der Waals surface area contributed by atoms with E-state index in [1.165, 1.54) is 6.92 Å². The fraction of sp³-hybridized carbons (Fsp3) is 0.508. The zero-order valence-corrected chi connectivity index (χ0v) is 52.0. The van der Waals surface area contributed by atoms with Crippen molar-refractivity contribution < 1.29 is 72.2 Å². The topological polar surface area (TPSA) is 578 Å². The first-order chi connectivity index (χ1) is 43.3. The van der Waals surface area contributed by atoms with E-state index in [-0.39, 0.29) is 44.1 Å². The molecule has 0 fully saturated rings. The lowest BCUT2D eigenvalue weighted by Gasteiger charge is -2.29. The van der Waals surface area contributed by atoms with Gasteiger partial charge in [0.1, 0.15) is 54.4 Å². The van der Waals surface area contributed by atoms with Crippen LogP contribution in [0.2, 0.25) is 0 Å². The van der Waals surface area contributed by atoms with Gasteiger partial charge in [-0.15, -0.1) is 0 Å². The predicted octanol–water partition coefficient (Wildman–Crippen LogP) is -4.82. The van der Waals surface area contributed by atoms with Gasteiger partial charge in [0.05, 0.1) is 18.9 Å². The first-order valence-corrected chi connectivity index (χ1v) is 29.8. The molecule has 0 radical (unpaired) electrons. The van der Waals surface area contributed by atoms with Gasteiger partial charge in [0.15, 0.2) is 5.96 Å². The number of primary amides is 4. The van der Waals surface area contributed by atoms with Crippen LogP contribution in [-0.4, -0.2) is 166 Å². The van der Waals surface area contributed by atoms with E-state index in [0.717, 1.165) is 0 Å². The summed E-state index contributed by atoms with van der Waals surface area (Å²) in [5.74, 6) is -15.5. The lowest BCUT2D eigenvalue weighted by atomic mass is 9.97. The molecule has 0 spiro atoms. The van der Waals surface area contributed by atoms with E-state index in [9.17, 15) is 72.2 Å². The Balaban J connectivity index is 2.07. The second kappa shape index (κ2) is 37.7. The zero-order valence-electron chi connectivity index (χ0n) is 52.0. The van der Waals surface area contributed by atoms with E-state index < -0.39 is 188 Å². The minimum absolute atomic E-state index is 0.0439. The number of aromatic amines is 1. The molecule has 25 N–H and O–H groups in total. The quantitative estimate of drug-likeness (QED) is 0.0144. The second-order valence-corrected chi connectivity index (χ2v) is 22.7. The first kappa shape index (κ1) is 76.0. The number of H-pyrrole nitrogens is 1. The number of carbonyl (C=O) groups is 14. The van der Waals surface area contributed by atoms with Crippen LogP contribution in [0.4, 0.5) is 0 Å². The third-order valence-corrected chi connectivity index (χ3v) is 14.5. The number of nitrogens with zero attached hydrogens (tertiary/aromatic N) is 1. The molecule has 0 aliphatic carbocycles. The average Bonchev–Trinajstić information content (AvgIpc) is 1.61. The number of benzene rings is 2. The van der Waals surface area contributed by atoms with Crippen molar-refractivity contribution in [1.82, 2.24) is 52.8 Å². The van der Waals surface area contributed by atoms with E-state index >= 15 is 0 Å². The van der Waals surface area contributed by atoms with E-state index in [0.29, 0.717) is 34.9 Å². The summed E-state index contributed by atoms with van der Waals surface area (Å²) in [6.45, 7) is 8.50. The highest BCUT2D eigenvalue weighted by atomic mass is 16.4. The van der Waals surface area contributed by atoms with Gasteiger partial charge < -0.3 is 98.1 Å². The molecule has 3 rings (SSSR count). The SMILES string of the molecule is CC[C@H](C)[C@H](NC(=O)[C@H](C)NC(=O)[C@@H](N)CC(C)C)C(=O)N[C@@H](CCCN=C(N)N)C(=O)N[C@@H](CC(N)=O)C(=O)N[C@@H](Cc1c[nH]c2ccccc12)C(=O)N[C@@H](Cc1ccccc1)C(=O)N[C@@H](CC(N)=O)C(=O)N[C@@H](CCC(N)=O)C(=O)N[C@@H](CCC(N)=O)C(=O)O. The van der Waals surface area contributed by atoms with Gasteiger partial charge in [0, 0.05) is 49.3 Å². The minimum Gasteiger partial charge on any atom is -0.480 e. The Kier molecular flexibility index (Phi) is 31.2. The Hall–Kier alpha value is -10.2. The van der Waals surface area contributed by atoms with E-state index in [4.69, 9.17) is 40.1 Å². The molecule has 0 unspecified atom stereocenters. The maximum atomic E-state index is 15.0. The van der Waals surface area contributed by atoms with Crippen LogP contribution in [0.1, 0.15) is 110 Å². The number of nitrogens with two attached hydrogens (primary N) is 7. The van der Waals surface area contributed by atoms with Crippen LogP contribution >= 0.6 is 0 Å². The van der Waals surface area contributed by atoms with Gasteiger partial charge in [-0.2, -0.15) is 0 Å². The van der Waals surface area contributed by atoms with Crippen molar-refractivity contribution in [2.75, 3.05) is 6.54 Å². The number of guanidine groups is 1. The Bertz CT molecular complexity index is 3140. The van der Waals surface area contributed by atoms with Crippen LogP contribution in [-0.2, 0) is 80.0 Å². The number of nitrogens with one attached hydrogen (secondary N) is 10. The van der Waals surface area contributed by atoms with Gasteiger partial charge in [-0.3, -0.25) is 67.3 Å². The zero-order chi connectivity index (χ0) is 68.9. The fourth-order valence-corrected chi connectivity index (χ4v) is 9.36. The molecule has 0 bridgehead atoms. The number of aromatic nitrogens is 1. The molecule has 11 atom stereocenters. The van der Waals surface area contributed by atoms with Crippen LogP contribution in [0.15, 0.2) is 65.8 Å². The third-order valence-electron chi connectivity index (χ3n) is 14.5. The normalized spacial score (nSPS) is 14.6. The summed E-state index contributed by atoms with van der Waals surface area (Å²) >= 11 is 0. The molecule has 0 saturated carbocycles. The predicted molar refractivity (Wildman–Crippen MR) is 334 cm³/mol. The summed E-state index contributed by atoms with van der Waals surface area (Å²) in [4.78, 5) is 194. The Morgan fingerprint density at radius 3 is 1.47 bits per heavy atom. The Morgan fingerprint density at radius 1 is 0.500 bits per heavy atom. The molecule has 2 aromatic carbocycles. The number of rotatable bonds is 41. The number of carboxylic acid groups (broad SMARTS) is 1. The highest BCUT2D eigenvalue weighted by Crippen LogP contribution is 2.20. The van der Waals surface area contributed by atoms with E-state index in [1.807, 2.05) is 13.8 Å². The van der Waals surface area contributed by atoms with Crippen molar-refractivity contribution >= 4 is 99.6 Å². The molecule has 0 aliphatic rings. The van der Waals surface area contributed by atoms with Crippen LogP contribution in [0.25, 0.3) is 10.9 Å². The number of aliphatic imine (C=N–C) groups is 1. The standard InChI is InChI=1S/C59H88N18O15/c1-6-30(4)48(77-49(82)31(5)69-50(83)35(60)23-29(2)3)57(90)71-37(17-12-22-67-59(65)66)51(84)75-43(27-47(64)81)56(89)74-41(25-33-28-68-36-16-11-10-15-34(33)36)54(87)73-40(24-32-13-8-7-9-14-32)53(86)76-42(26-46(63)80)55(88)70-38(18-20-44(61)78)52(85)72-39(58(91)92)19-21-45(62)79/h7-11,13-16,28-31,35,37-43,48,68H,6,12,17-27,60H2,1-5H3,(H2,61,78)(H2,62,79)(H2,63,80)(H2,64,81)(H,69,83)(H,70,88)(H,71,90)(H,72,85)(H,73,87)(H,74,89)(H,75,84)(H,76,86)(H,77,82)(H,91,92)(H4,65,66,67)/t30-,31-,35-,37-,38-,39-,40-,41-,42-,43-,48-/m0/s1. The van der Waals surface area contributed by atoms with Crippen molar-refractivity contribution in [3.8, 4) is 0 Å². The van der Waals surface area contributed by atoms with Crippen LogP contribution < -0.4 is 88.0 Å². The second-order valence-electron chi connectivity index (χ2n) is 22.7. The average molecular weight is 1290 g/mol. The van der Waals surface area contributed by atoms with Crippen LogP contribution in [0.3, 0.4) is 0 Å². The first-order valence-electron chi connectivity index (χ1n) is 29.8. The number of para-hydroxylation sites is 1. The van der Waals surface area contributed by atoms with Gasteiger partial charge in [-0.1, -0.05) is 82.6 Å². The third kappa shape index (κ3) is 26.5. The molecule has 33 nitrogen and oxygen atoms in total. The Labute approximate surface area is 530 Å². The highest BCUT2D eigenvalue weighted by Gasteiger charge is 2.37. The summed E-state index contributed by atoms with van der Waals surface area (Å²) in [5.41, 5.74) is 40.2. The van der Waals surface area contributed by atoms with Crippen molar-refractivity contribution in [3.05, 3.63) is 71.9 Å². The van der Waals surface area contributed by atoms with E-state index in [2.05, 4.69) is 57.8 Å². The molecular formula is C59H88N18O15.